The molecule has 19 heavy (non-hydrogen) atoms. The van der Waals surface area contributed by atoms with E-state index in [9.17, 15) is 4.79 Å². The van der Waals surface area contributed by atoms with E-state index in [1.807, 2.05) is 37.3 Å². The summed E-state index contributed by atoms with van der Waals surface area (Å²) in [6.07, 6.45) is 6.63. The molecule has 0 aliphatic rings. The summed E-state index contributed by atoms with van der Waals surface area (Å²) in [5.74, 6) is -0.139. The molecule has 0 atom stereocenters. The second-order valence-electron chi connectivity index (χ2n) is 4.10. The topological polar surface area (TPSA) is 54.9 Å². The van der Waals surface area contributed by atoms with Crippen molar-refractivity contribution in [3.63, 3.8) is 0 Å². The van der Waals surface area contributed by atoms with Gasteiger partial charge in [0.2, 0.25) is 5.91 Å². The molecule has 2 heterocycles. The molecule has 0 saturated carbocycles. The van der Waals surface area contributed by atoms with Gasteiger partial charge in [0, 0.05) is 24.2 Å². The first-order valence-electron chi connectivity index (χ1n) is 6.02. The Bertz CT molecular complexity index is 579. The lowest BCUT2D eigenvalue weighted by atomic mass is 10.2. The minimum atomic E-state index is -0.139. The first-order valence-corrected chi connectivity index (χ1v) is 6.02. The van der Waals surface area contributed by atoms with Crippen molar-refractivity contribution in [1.82, 2.24) is 15.3 Å². The van der Waals surface area contributed by atoms with Crippen molar-refractivity contribution < 1.29 is 4.79 Å². The normalized spacial score (nSPS) is 10.6. The van der Waals surface area contributed by atoms with E-state index in [2.05, 4.69) is 15.3 Å². The Morgan fingerprint density at radius 3 is 2.79 bits per heavy atom. The highest BCUT2D eigenvalue weighted by atomic mass is 16.1. The van der Waals surface area contributed by atoms with E-state index < -0.39 is 0 Å². The van der Waals surface area contributed by atoms with E-state index >= 15 is 0 Å². The summed E-state index contributed by atoms with van der Waals surface area (Å²) < 4.78 is 0. The van der Waals surface area contributed by atoms with Crippen LogP contribution in [0, 0.1) is 6.92 Å². The van der Waals surface area contributed by atoms with Gasteiger partial charge in [-0.2, -0.15) is 0 Å². The standard InChI is InChI=1S/C15H15N3O/c1-12-3-2-4-14(18-12)11-17-15(19)6-5-13-7-9-16-10-8-13/h2-10H,11H2,1H3,(H,17,19)/b6-5+. The Kier molecular flexibility index (Phi) is 4.39. The smallest absolute Gasteiger partial charge is 0.244 e. The average Bonchev–Trinajstić information content (AvgIpc) is 2.44. The van der Waals surface area contributed by atoms with Crippen LogP contribution in [0.5, 0.6) is 0 Å². The highest BCUT2D eigenvalue weighted by molar-refractivity contribution is 5.91. The van der Waals surface area contributed by atoms with E-state index in [-0.39, 0.29) is 5.91 Å². The second-order valence-corrected chi connectivity index (χ2v) is 4.10. The summed E-state index contributed by atoms with van der Waals surface area (Å²) in [6, 6.07) is 9.42. The van der Waals surface area contributed by atoms with Gasteiger partial charge in [0.05, 0.1) is 12.2 Å². The van der Waals surface area contributed by atoms with Crippen molar-refractivity contribution in [2.75, 3.05) is 0 Å². The average molecular weight is 253 g/mol. The van der Waals surface area contributed by atoms with Crippen molar-refractivity contribution in [2.24, 2.45) is 0 Å². The van der Waals surface area contributed by atoms with Crippen molar-refractivity contribution in [3.05, 3.63) is 65.8 Å². The molecule has 0 aromatic carbocycles. The molecule has 1 N–H and O–H groups in total. The quantitative estimate of drug-likeness (QED) is 0.849. The maximum Gasteiger partial charge on any atom is 0.244 e. The van der Waals surface area contributed by atoms with Gasteiger partial charge in [-0.3, -0.25) is 14.8 Å². The van der Waals surface area contributed by atoms with Gasteiger partial charge in [0.1, 0.15) is 0 Å². The van der Waals surface area contributed by atoms with Gasteiger partial charge in [-0.1, -0.05) is 6.07 Å². The van der Waals surface area contributed by atoms with Crippen molar-refractivity contribution >= 4 is 12.0 Å². The number of hydrogen-bond donors (Lipinski definition) is 1. The molecule has 2 rings (SSSR count). The molecule has 4 heteroatoms. The van der Waals surface area contributed by atoms with Crippen molar-refractivity contribution in [2.45, 2.75) is 13.5 Å². The van der Waals surface area contributed by atoms with Crippen LogP contribution in [0.2, 0.25) is 0 Å². The van der Waals surface area contributed by atoms with Crippen molar-refractivity contribution in [1.29, 1.82) is 0 Å². The predicted molar refractivity (Wildman–Crippen MR) is 74.1 cm³/mol. The zero-order chi connectivity index (χ0) is 13.5. The van der Waals surface area contributed by atoms with E-state index in [4.69, 9.17) is 0 Å². The SMILES string of the molecule is Cc1cccc(CNC(=O)/C=C/c2ccncc2)n1. The number of carbonyl (C=O) groups excluding carboxylic acids is 1. The summed E-state index contributed by atoms with van der Waals surface area (Å²) in [5, 5.41) is 2.79. The fraction of sp³-hybridized carbons (Fsp3) is 0.133. The first-order chi connectivity index (χ1) is 9.24. The van der Waals surface area contributed by atoms with Gasteiger partial charge in [0.25, 0.3) is 0 Å². The number of aryl methyl sites for hydroxylation is 1. The summed E-state index contributed by atoms with van der Waals surface area (Å²) in [5.41, 5.74) is 2.74. The van der Waals surface area contributed by atoms with Crippen LogP contribution in [-0.4, -0.2) is 15.9 Å². The van der Waals surface area contributed by atoms with Gasteiger partial charge in [-0.25, -0.2) is 0 Å². The maximum atomic E-state index is 11.6. The van der Waals surface area contributed by atoms with E-state index in [1.54, 1.807) is 18.5 Å². The Balaban J connectivity index is 1.87. The van der Waals surface area contributed by atoms with Crippen LogP contribution < -0.4 is 5.32 Å². The molecular weight excluding hydrogens is 238 g/mol. The van der Waals surface area contributed by atoms with Crippen LogP contribution in [0.3, 0.4) is 0 Å². The molecule has 2 aromatic rings. The van der Waals surface area contributed by atoms with E-state index in [1.165, 1.54) is 6.08 Å². The number of aromatic nitrogens is 2. The minimum absolute atomic E-state index is 0.139. The zero-order valence-electron chi connectivity index (χ0n) is 10.7. The summed E-state index contributed by atoms with van der Waals surface area (Å²) in [7, 11) is 0. The molecule has 0 radical (unpaired) electrons. The molecule has 1 amide bonds. The molecular formula is C15H15N3O. The van der Waals surface area contributed by atoms with Crippen LogP contribution in [0.4, 0.5) is 0 Å². The number of carbonyl (C=O) groups is 1. The molecule has 0 unspecified atom stereocenters. The Morgan fingerprint density at radius 2 is 2.05 bits per heavy atom. The van der Waals surface area contributed by atoms with Crippen LogP contribution in [0.1, 0.15) is 17.0 Å². The highest BCUT2D eigenvalue weighted by Gasteiger charge is 1.98. The lowest BCUT2D eigenvalue weighted by molar-refractivity contribution is -0.116. The van der Waals surface area contributed by atoms with Gasteiger partial charge >= 0.3 is 0 Å². The van der Waals surface area contributed by atoms with Gasteiger partial charge in [-0.05, 0) is 42.8 Å². The third-order valence-electron chi connectivity index (χ3n) is 2.52. The molecule has 0 aliphatic heterocycles. The monoisotopic (exact) mass is 253 g/mol. The summed E-state index contributed by atoms with van der Waals surface area (Å²) in [4.78, 5) is 19.9. The number of amides is 1. The van der Waals surface area contributed by atoms with Gasteiger partial charge in [0.15, 0.2) is 0 Å². The van der Waals surface area contributed by atoms with E-state index in [0.29, 0.717) is 6.54 Å². The fourth-order valence-corrected chi connectivity index (χ4v) is 1.58. The van der Waals surface area contributed by atoms with Gasteiger partial charge < -0.3 is 5.32 Å². The molecule has 96 valence electrons. The summed E-state index contributed by atoms with van der Waals surface area (Å²) in [6.45, 7) is 2.36. The Hall–Kier alpha value is -2.49. The third-order valence-corrected chi connectivity index (χ3v) is 2.52. The van der Waals surface area contributed by atoms with Crippen LogP contribution >= 0.6 is 0 Å². The minimum Gasteiger partial charge on any atom is -0.347 e. The second kappa shape index (κ2) is 6.44. The van der Waals surface area contributed by atoms with Crippen LogP contribution in [0.25, 0.3) is 6.08 Å². The third kappa shape index (κ3) is 4.35. The van der Waals surface area contributed by atoms with E-state index in [0.717, 1.165) is 17.0 Å². The van der Waals surface area contributed by atoms with Gasteiger partial charge in [-0.15, -0.1) is 0 Å². The number of nitrogens with zero attached hydrogens (tertiary/aromatic N) is 2. The molecule has 0 fully saturated rings. The molecule has 0 saturated heterocycles. The van der Waals surface area contributed by atoms with Crippen molar-refractivity contribution in [3.8, 4) is 0 Å². The maximum absolute atomic E-state index is 11.6. The van der Waals surface area contributed by atoms with Crippen LogP contribution in [0.15, 0.2) is 48.8 Å². The van der Waals surface area contributed by atoms with Crippen LogP contribution in [-0.2, 0) is 11.3 Å². The largest absolute Gasteiger partial charge is 0.347 e. The molecule has 0 spiro atoms. The first kappa shape index (κ1) is 13.0. The molecule has 2 aromatic heterocycles. The molecule has 4 nitrogen and oxygen atoms in total. The molecule has 0 bridgehead atoms. The fourth-order valence-electron chi connectivity index (χ4n) is 1.58. The number of rotatable bonds is 4. The lowest BCUT2D eigenvalue weighted by Crippen LogP contribution is -2.20. The lowest BCUT2D eigenvalue weighted by Gasteiger charge is -2.02. The molecule has 0 aliphatic carbocycles. The Labute approximate surface area is 112 Å². The zero-order valence-corrected chi connectivity index (χ0v) is 10.7. The predicted octanol–water partition coefficient (Wildman–Crippen LogP) is 2.11. The Morgan fingerprint density at radius 1 is 1.26 bits per heavy atom. The number of hydrogen-bond acceptors (Lipinski definition) is 3. The highest BCUT2D eigenvalue weighted by Crippen LogP contribution is 2.00. The summed E-state index contributed by atoms with van der Waals surface area (Å²) >= 11 is 0. The number of pyridine rings is 2. The number of nitrogens with one attached hydrogen (secondary N) is 1.